The van der Waals surface area contributed by atoms with Crippen LogP contribution in [0, 0.1) is 5.82 Å². The summed E-state index contributed by atoms with van der Waals surface area (Å²) in [6, 6.07) is 15.0. The van der Waals surface area contributed by atoms with Crippen molar-refractivity contribution in [2.45, 2.75) is 0 Å². The van der Waals surface area contributed by atoms with Gasteiger partial charge in [-0.25, -0.2) is 4.39 Å². The molecule has 2 aromatic rings. The summed E-state index contributed by atoms with van der Waals surface area (Å²) >= 11 is 0. The maximum atomic E-state index is 13.0. The number of halogens is 1. The van der Waals surface area contributed by atoms with Crippen LogP contribution in [-0.2, 0) is 0 Å². The van der Waals surface area contributed by atoms with Crippen molar-refractivity contribution in [3.63, 3.8) is 0 Å². The molecule has 2 aromatic carbocycles. The molecule has 0 aliphatic heterocycles. The molecule has 0 aliphatic carbocycles. The first-order valence-electron chi connectivity index (χ1n) is 5.65. The Morgan fingerprint density at radius 3 is 2.00 bits per heavy atom. The highest BCUT2D eigenvalue weighted by Gasteiger charge is 2.00. The van der Waals surface area contributed by atoms with Crippen LogP contribution in [0.1, 0.15) is 11.1 Å². The van der Waals surface area contributed by atoms with Gasteiger partial charge in [0, 0.05) is 11.1 Å². The fourth-order valence-corrected chi connectivity index (χ4v) is 1.48. The Labute approximate surface area is 110 Å². The Kier molecular flexibility index (Phi) is 3.87. The molecule has 0 unspecified atom stereocenters. The van der Waals surface area contributed by atoms with E-state index in [1.807, 2.05) is 30.3 Å². The van der Waals surface area contributed by atoms with Crippen LogP contribution in [0.3, 0.4) is 0 Å². The van der Waals surface area contributed by atoms with E-state index in [0.717, 1.165) is 5.56 Å². The van der Waals surface area contributed by atoms with E-state index >= 15 is 0 Å². The van der Waals surface area contributed by atoms with Gasteiger partial charge in [-0.15, -0.1) is 10.2 Å². The van der Waals surface area contributed by atoms with Crippen molar-refractivity contribution in [2.75, 3.05) is 0 Å². The lowest BCUT2D eigenvalue weighted by Crippen LogP contribution is -2.16. The lowest BCUT2D eigenvalue weighted by Gasteiger charge is -2.00. The molecule has 0 aliphatic rings. The van der Waals surface area contributed by atoms with E-state index in [0.29, 0.717) is 5.56 Å². The number of rotatable bonds is 3. The Morgan fingerprint density at radius 2 is 1.37 bits per heavy atom. The molecule has 0 heterocycles. The Bertz CT molecular complexity index is 620. The largest absolute Gasteiger partial charge is 0.382 e. The summed E-state index contributed by atoms with van der Waals surface area (Å²) in [5, 5.41) is 7.64. The van der Waals surface area contributed by atoms with Crippen LogP contribution >= 0.6 is 0 Å². The van der Waals surface area contributed by atoms with Gasteiger partial charge in [0.15, 0.2) is 11.7 Å². The lowest BCUT2D eigenvalue weighted by atomic mass is 10.2. The van der Waals surface area contributed by atoms with Crippen LogP contribution in [-0.4, -0.2) is 11.7 Å². The number of amidine groups is 2. The van der Waals surface area contributed by atoms with Gasteiger partial charge >= 0.3 is 0 Å². The molecular formula is C14H13FN4. The van der Waals surface area contributed by atoms with Crippen LogP contribution in [0.15, 0.2) is 64.8 Å². The molecule has 19 heavy (non-hydrogen) atoms. The number of nitrogens with two attached hydrogens (primary N) is 2. The van der Waals surface area contributed by atoms with E-state index in [-0.39, 0.29) is 17.5 Å². The van der Waals surface area contributed by atoms with Gasteiger partial charge in [-0.05, 0) is 12.1 Å². The summed E-state index contributed by atoms with van der Waals surface area (Å²) in [4.78, 5) is 0. The van der Waals surface area contributed by atoms with E-state index < -0.39 is 0 Å². The Hall–Kier alpha value is -2.69. The molecular weight excluding hydrogens is 243 g/mol. The summed E-state index contributed by atoms with van der Waals surface area (Å²) in [6.45, 7) is 0. The predicted molar refractivity (Wildman–Crippen MR) is 74.3 cm³/mol. The normalized spacial score (nSPS) is 12.5. The summed E-state index contributed by atoms with van der Waals surface area (Å²) in [6.07, 6.45) is 0. The van der Waals surface area contributed by atoms with E-state index in [9.17, 15) is 4.39 Å². The minimum Gasteiger partial charge on any atom is -0.382 e. The van der Waals surface area contributed by atoms with E-state index in [4.69, 9.17) is 11.5 Å². The van der Waals surface area contributed by atoms with Crippen molar-refractivity contribution in [3.05, 3.63) is 71.5 Å². The number of hydrogen-bond donors (Lipinski definition) is 2. The number of nitrogens with zero attached hydrogens (tertiary/aromatic N) is 2. The maximum absolute atomic E-state index is 13.0. The molecule has 0 radical (unpaired) electrons. The lowest BCUT2D eigenvalue weighted by molar-refractivity contribution is 0.627. The Morgan fingerprint density at radius 1 is 0.789 bits per heavy atom. The molecule has 0 aromatic heterocycles. The fourth-order valence-electron chi connectivity index (χ4n) is 1.48. The van der Waals surface area contributed by atoms with E-state index in [1.54, 1.807) is 12.1 Å². The van der Waals surface area contributed by atoms with E-state index in [1.165, 1.54) is 12.1 Å². The van der Waals surface area contributed by atoms with Gasteiger partial charge in [0.05, 0.1) is 0 Å². The molecule has 5 heteroatoms. The average Bonchev–Trinajstić information content (AvgIpc) is 2.45. The van der Waals surface area contributed by atoms with Gasteiger partial charge in [-0.2, -0.15) is 0 Å². The van der Waals surface area contributed by atoms with Crippen LogP contribution < -0.4 is 11.5 Å². The van der Waals surface area contributed by atoms with Gasteiger partial charge in [-0.1, -0.05) is 42.5 Å². The van der Waals surface area contributed by atoms with Crippen molar-refractivity contribution >= 4 is 11.7 Å². The quantitative estimate of drug-likeness (QED) is 0.499. The zero-order valence-electron chi connectivity index (χ0n) is 10.1. The van der Waals surface area contributed by atoms with Gasteiger partial charge in [0.2, 0.25) is 0 Å². The van der Waals surface area contributed by atoms with Crippen LogP contribution in [0.25, 0.3) is 0 Å². The topological polar surface area (TPSA) is 76.8 Å². The standard InChI is InChI=1S/C14H13FN4/c15-12-8-4-7-11(9-12)14(17)19-18-13(16)10-5-2-1-3-6-10/h1-9H,(H2,16,18)(H2,17,19). The number of benzene rings is 2. The molecule has 4 nitrogen and oxygen atoms in total. The second kappa shape index (κ2) is 5.77. The van der Waals surface area contributed by atoms with Crippen molar-refractivity contribution in [3.8, 4) is 0 Å². The van der Waals surface area contributed by atoms with Gasteiger partial charge < -0.3 is 11.5 Å². The van der Waals surface area contributed by atoms with E-state index in [2.05, 4.69) is 10.2 Å². The molecule has 0 fully saturated rings. The first kappa shape index (κ1) is 12.8. The zero-order valence-corrected chi connectivity index (χ0v) is 10.1. The minimum atomic E-state index is -0.379. The Balaban J connectivity index is 2.22. The summed E-state index contributed by atoms with van der Waals surface area (Å²) < 4.78 is 13.0. The average molecular weight is 256 g/mol. The summed E-state index contributed by atoms with van der Waals surface area (Å²) in [7, 11) is 0. The highest BCUT2D eigenvalue weighted by Crippen LogP contribution is 2.03. The van der Waals surface area contributed by atoms with Gasteiger partial charge in [0.1, 0.15) is 5.82 Å². The second-order valence-corrected chi connectivity index (χ2v) is 3.85. The molecule has 0 spiro atoms. The highest BCUT2D eigenvalue weighted by molar-refractivity contribution is 6.00. The van der Waals surface area contributed by atoms with Crippen molar-refractivity contribution < 1.29 is 4.39 Å². The highest BCUT2D eigenvalue weighted by atomic mass is 19.1. The van der Waals surface area contributed by atoms with Crippen LogP contribution in [0.2, 0.25) is 0 Å². The third-order valence-corrected chi connectivity index (χ3v) is 2.46. The monoisotopic (exact) mass is 256 g/mol. The maximum Gasteiger partial charge on any atom is 0.153 e. The molecule has 96 valence electrons. The number of hydrogen-bond acceptors (Lipinski definition) is 2. The summed E-state index contributed by atoms with van der Waals surface area (Å²) in [5.74, 6) is -0.0194. The minimum absolute atomic E-state index is 0.110. The van der Waals surface area contributed by atoms with Gasteiger partial charge in [0.25, 0.3) is 0 Å². The van der Waals surface area contributed by atoms with Crippen molar-refractivity contribution in [1.82, 2.24) is 0 Å². The first-order chi connectivity index (χ1) is 9.16. The molecule has 0 atom stereocenters. The molecule has 0 amide bonds. The predicted octanol–water partition coefficient (Wildman–Crippen LogP) is 1.85. The second-order valence-electron chi connectivity index (χ2n) is 3.85. The van der Waals surface area contributed by atoms with Crippen LogP contribution in [0.5, 0.6) is 0 Å². The molecule has 4 N–H and O–H groups in total. The van der Waals surface area contributed by atoms with Gasteiger partial charge in [-0.3, -0.25) is 0 Å². The first-order valence-corrected chi connectivity index (χ1v) is 5.65. The SMILES string of the molecule is N/C(=N\N=C(/N)c1cccc(F)c1)c1ccccc1. The third-order valence-electron chi connectivity index (χ3n) is 2.46. The van der Waals surface area contributed by atoms with Crippen molar-refractivity contribution in [2.24, 2.45) is 21.7 Å². The molecule has 2 rings (SSSR count). The van der Waals surface area contributed by atoms with Crippen LogP contribution in [0.4, 0.5) is 4.39 Å². The summed E-state index contributed by atoms with van der Waals surface area (Å²) in [5.41, 5.74) is 12.7. The smallest absolute Gasteiger partial charge is 0.153 e. The fraction of sp³-hybridized carbons (Fsp3) is 0. The molecule has 0 saturated carbocycles. The molecule has 0 bridgehead atoms. The third kappa shape index (κ3) is 3.38. The molecule has 0 saturated heterocycles. The zero-order chi connectivity index (χ0) is 13.7. The van der Waals surface area contributed by atoms with Crippen molar-refractivity contribution in [1.29, 1.82) is 0 Å².